The molecule has 0 aliphatic heterocycles. The molecule has 1 nitrogen and oxygen atoms in total. The van der Waals surface area contributed by atoms with Crippen molar-refractivity contribution >= 4 is 22.7 Å². The summed E-state index contributed by atoms with van der Waals surface area (Å²) in [5, 5.41) is 4.25. The Balaban J connectivity index is 1.78. The largest absolute Gasteiger partial charge is 0.260 e. The number of hydrogen-bond acceptors (Lipinski definition) is 3. The average molecular weight is 333 g/mol. The van der Waals surface area contributed by atoms with Gasteiger partial charge in [-0.25, -0.2) is 0 Å². The fraction of sp³-hybridized carbons (Fsp3) is 0.0500. The first-order valence-corrected chi connectivity index (χ1v) is 9.27. The van der Waals surface area contributed by atoms with Crippen LogP contribution in [-0.4, -0.2) is 4.98 Å². The van der Waals surface area contributed by atoms with Crippen LogP contribution < -0.4 is 0 Å². The molecule has 0 fully saturated rings. The molecule has 3 heteroatoms. The third-order valence-electron chi connectivity index (χ3n) is 3.76. The zero-order chi connectivity index (χ0) is 15.5. The Morgan fingerprint density at radius 2 is 1.43 bits per heavy atom. The van der Waals surface area contributed by atoms with Crippen molar-refractivity contribution in [1.82, 2.24) is 4.98 Å². The third kappa shape index (κ3) is 3.11. The second kappa shape index (κ2) is 6.49. The van der Waals surface area contributed by atoms with Gasteiger partial charge in [-0.3, -0.25) is 4.98 Å². The molecule has 0 radical (unpaired) electrons. The summed E-state index contributed by atoms with van der Waals surface area (Å²) in [5.41, 5.74) is 4.91. The maximum Gasteiger partial charge on any atom is 0.0454 e. The molecule has 1 aromatic carbocycles. The molecule has 0 N–H and O–H groups in total. The van der Waals surface area contributed by atoms with Gasteiger partial charge in [-0.1, -0.05) is 42.5 Å². The van der Waals surface area contributed by atoms with E-state index in [9.17, 15) is 0 Å². The Hall–Kier alpha value is -2.23. The van der Waals surface area contributed by atoms with Crippen molar-refractivity contribution in [3.05, 3.63) is 88.9 Å². The normalized spacial score (nSPS) is 10.8. The maximum absolute atomic E-state index is 4.71. The van der Waals surface area contributed by atoms with E-state index in [2.05, 4.69) is 65.4 Å². The Bertz CT molecular complexity index is 879. The van der Waals surface area contributed by atoms with Crippen molar-refractivity contribution in [1.29, 1.82) is 0 Å². The van der Waals surface area contributed by atoms with E-state index in [0.717, 1.165) is 12.1 Å². The highest BCUT2D eigenvalue weighted by molar-refractivity contribution is 7.14. The van der Waals surface area contributed by atoms with Crippen LogP contribution in [0.5, 0.6) is 0 Å². The fourth-order valence-corrected chi connectivity index (χ4v) is 4.17. The van der Waals surface area contributed by atoms with Gasteiger partial charge < -0.3 is 0 Å². The molecule has 0 aliphatic carbocycles. The van der Waals surface area contributed by atoms with Crippen LogP contribution in [0.15, 0.2) is 77.6 Å². The van der Waals surface area contributed by atoms with E-state index >= 15 is 0 Å². The van der Waals surface area contributed by atoms with Gasteiger partial charge in [0.1, 0.15) is 0 Å². The second-order valence-electron chi connectivity index (χ2n) is 5.34. The summed E-state index contributed by atoms with van der Waals surface area (Å²) in [7, 11) is 0. The van der Waals surface area contributed by atoms with E-state index < -0.39 is 0 Å². The molecule has 0 amide bonds. The molecule has 0 saturated heterocycles. The molecule has 4 aromatic rings. The predicted molar refractivity (Wildman–Crippen MR) is 100 cm³/mol. The molecule has 0 unspecified atom stereocenters. The van der Waals surface area contributed by atoms with Crippen LogP contribution in [0.4, 0.5) is 0 Å². The molecule has 23 heavy (non-hydrogen) atoms. The van der Waals surface area contributed by atoms with E-state index in [1.165, 1.54) is 26.4 Å². The van der Waals surface area contributed by atoms with Gasteiger partial charge in [-0.15, -0.1) is 22.7 Å². The second-order valence-corrected chi connectivity index (χ2v) is 7.23. The minimum atomic E-state index is 0.865. The number of hydrogen-bond donors (Lipinski definition) is 0. The smallest absolute Gasteiger partial charge is 0.0454 e. The minimum Gasteiger partial charge on any atom is -0.260 e. The first-order chi connectivity index (χ1) is 11.4. The lowest BCUT2D eigenvalue weighted by Crippen LogP contribution is -1.94. The summed E-state index contributed by atoms with van der Waals surface area (Å²) in [6, 6.07) is 21.3. The van der Waals surface area contributed by atoms with Crippen LogP contribution in [0.3, 0.4) is 0 Å². The van der Waals surface area contributed by atoms with Crippen molar-refractivity contribution in [2.75, 3.05) is 0 Å². The lowest BCUT2D eigenvalue weighted by atomic mass is 10.0. The summed E-state index contributed by atoms with van der Waals surface area (Å²) in [6.07, 6.45) is 2.89. The molecular formula is C20H15NS2. The van der Waals surface area contributed by atoms with Gasteiger partial charge in [0.05, 0.1) is 0 Å². The molecule has 4 rings (SSSR count). The van der Waals surface area contributed by atoms with E-state index in [0.29, 0.717) is 0 Å². The lowest BCUT2D eigenvalue weighted by Gasteiger charge is -2.09. The van der Waals surface area contributed by atoms with E-state index in [-0.39, 0.29) is 0 Å². The van der Waals surface area contributed by atoms with Crippen molar-refractivity contribution in [2.24, 2.45) is 0 Å². The van der Waals surface area contributed by atoms with Crippen LogP contribution in [0.2, 0.25) is 0 Å². The molecule has 0 bridgehead atoms. The standard InChI is InChI=1S/C20H15NS2/c1-2-6-15(7-3-1)12-16-13-17(19-8-4-10-22-19)18(14-21-16)20-9-5-11-23-20/h1-11,13-14H,12H2. The first-order valence-electron chi connectivity index (χ1n) is 7.51. The number of aromatic nitrogens is 1. The Morgan fingerprint density at radius 1 is 0.739 bits per heavy atom. The highest BCUT2D eigenvalue weighted by Gasteiger charge is 2.11. The van der Waals surface area contributed by atoms with Crippen molar-refractivity contribution in [2.45, 2.75) is 6.42 Å². The summed E-state index contributed by atoms with van der Waals surface area (Å²) >= 11 is 3.54. The monoisotopic (exact) mass is 333 g/mol. The SMILES string of the molecule is c1ccc(Cc2cc(-c3cccs3)c(-c3cccs3)cn2)cc1. The molecule has 3 aromatic heterocycles. The highest BCUT2D eigenvalue weighted by atomic mass is 32.1. The third-order valence-corrected chi connectivity index (χ3v) is 5.57. The van der Waals surface area contributed by atoms with Crippen molar-refractivity contribution < 1.29 is 0 Å². The van der Waals surface area contributed by atoms with Crippen LogP contribution in [-0.2, 0) is 6.42 Å². The van der Waals surface area contributed by atoms with Gasteiger partial charge in [-0.2, -0.15) is 0 Å². The summed E-state index contributed by atoms with van der Waals surface area (Å²) in [6.45, 7) is 0. The summed E-state index contributed by atoms with van der Waals surface area (Å²) in [4.78, 5) is 7.28. The summed E-state index contributed by atoms with van der Waals surface area (Å²) < 4.78 is 0. The number of pyridine rings is 1. The zero-order valence-corrected chi connectivity index (χ0v) is 14.1. The van der Waals surface area contributed by atoms with Gasteiger partial charge in [0.2, 0.25) is 0 Å². The Labute approximate surface area is 143 Å². The zero-order valence-electron chi connectivity index (χ0n) is 12.5. The highest BCUT2D eigenvalue weighted by Crippen LogP contribution is 2.36. The average Bonchev–Trinajstić information content (AvgIpc) is 3.30. The van der Waals surface area contributed by atoms with Crippen LogP contribution in [0.25, 0.3) is 20.9 Å². The molecule has 112 valence electrons. The van der Waals surface area contributed by atoms with Gasteiger partial charge in [-0.05, 0) is 34.5 Å². The van der Waals surface area contributed by atoms with Gasteiger partial charge in [0.25, 0.3) is 0 Å². The first kappa shape index (κ1) is 14.4. The fourth-order valence-electron chi connectivity index (χ4n) is 2.66. The van der Waals surface area contributed by atoms with Gasteiger partial charge in [0.15, 0.2) is 0 Å². The molecule has 3 heterocycles. The maximum atomic E-state index is 4.71. The van der Waals surface area contributed by atoms with Crippen molar-refractivity contribution in [3.8, 4) is 20.9 Å². The van der Waals surface area contributed by atoms with Gasteiger partial charge in [0, 0.05) is 39.2 Å². The number of rotatable bonds is 4. The quantitative estimate of drug-likeness (QED) is 0.438. The van der Waals surface area contributed by atoms with E-state index in [1.54, 1.807) is 22.7 Å². The molecule has 0 saturated carbocycles. The molecular weight excluding hydrogens is 318 g/mol. The Morgan fingerprint density at radius 3 is 2.09 bits per heavy atom. The van der Waals surface area contributed by atoms with Crippen LogP contribution >= 0.6 is 22.7 Å². The van der Waals surface area contributed by atoms with E-state index in [4.69, 9.17) is 4.98 Å². The molecule has 0 spiro atoms. The predicted octanol–water partition coefficient (Wildman–Crippen LogP) is 6.13. The molecule has 0 aliphatic rings. The minimum absolute atomic E-state index is 0.865. The van der Waals surface area contributed by atoms with Crippen LogP contribution in [0.1, 0.15) is 11.3 Å². The summed E-state index contributed by atoms with van der Waals surface area (Å²) in [5.74, 6) is 0. The number of thiophene rings is 2. The van der Waals surface area contributed by atoms with Crippen LogP contribution in [0, 0.1) is 0 Å². The van der Waals surface area contributed by atoms with E-state index in [1.807, 2.05) is 12.3 Å². The topological polar surface area (TPSA) is 12.9 Å². The van der Waals surface area contributed by atoms with Gasteiger partial charge >= 0.3 is 0 Å². The van der Waals surface area contributed by atoms with Crippen molar-refractivity contribution in [3.63, 3.8) is 0 Å². The lowest BCUT2D eigenvalue weighted by molar-refractivity contribution is 1.08. The number of nitrogens with zero attached hydrogens (tertiary/aromatic N) is 1. The molecule has 0 atom stereocenters. The number of benzene rings is 1. The Kier molecular flexibility index (Phi) is 4.05.